The zero-order valence-corrected chi connectivity index (χ0v) is 23.8. The molecule has 4 aliphatic rings. The molecule has 1 aromatic carbocycles. The van der Waals surface area contributed by atoms with E-state index in [1.807, 2.05) is 6.92 Å². The van der Waals surface area contributed by atoms with Gasteiger partial charge >= 0.3 is 12.2 Å². The Morgan fingerprint density at radius 2 is 2.02 bits per heavy atom. The third-order valence-electron chi connectivity index (χ3n) is 8.76. The number of aromatic nitrogens is 5. The summed E-state index contributed by atoms with van der Waals surface area (Å²) in [5, 5.41) is 11.1. The number of halogens is 1. The molecule has 42 heavy (non-hydrogen) atoms. The Labute approximate surface area is 243 Å². The van der Waals surface area contributed by atoms with Gasteiger partial charge in [-0.2, -0.15) is 4.98 Å². The van der Waals surface area contributed by atoms with Crippen LogP contribution >= 0.6 is 11.3 Å². The molecule has 2 N–H and O–H groups in total. The van der Waals surface area contributed by atoms with E-state index in [0.29, 0.717) is 35.3 Å². The summed E-state index contributed by atoms with van der Waals surface area (Å²) >= 11 is 1.31. The molecule has 11 nitrogen and oxygen atoms in total. The summed E-state index contributed by atoms with van der Waals surface area (Å²) < 4.78 is 32.4. The standard InChI is InChI=1S/C29H30FN5O6S/c1-2-6-35-24(36)22-23(34-26(35)40-19-5-3-4-18(30)8-19)33-25(32-22)28-9-16-7-17(10-28)12-29(11-16,15-28)39-13-21-31-20(14-42-21)41-27(37)38/h3-5,8,14,16-17H,2,6-7,9-13,15H2,1H3,(H,32,33)(H,37,38). The van der Waals surface area contributed by atoms with Gasteiger partial charge in [0.15, 0.2) is 11.2 Å². The number of hydrogen-bond acceptors (Lipinski definition) is 9. The molecule has 4 bridgehead atoms. The normalized spacial score (nSPS) is 26.1. The van der Waals surface area contributed by atoms with Crippen molar-refractivity contribution in [3.05, 3.63) is 56.6 Å². The Hall–Kier alpha value is -3.84. The van der Waals surface area contributed by atoms with Crippen molar-refractivity contribution in [1.82, 2.24) is 24.5 Å². The Balaban J connectivity index is 1.20. The largest absolute Gasteiger partial charge is 0.512 e. The topological polar surface area (TPSA) is 141 Å². The fourth-order valence-electron chi connectivity index (χ4n) is 7.69. The van der Waals surface area contributed by atoms with Gasteiger partial charge < -0.3 is 24.3 Å². The lowest BCUT2D eigenvalue weighted by Gasteiger charge is -2.61. The third-order valence-corrected chi connectivity index (χ3v) is 9.56. The summed E-state index contributed by atoms with van der Waals surface area (Å²) in [6.07, 6.45) is 5.00. The SMILES string of the molecule is CCCn1c(Oc2cccc(F)c2)nc2nc(C34CC5CC(CC(OCc6nc(OC(=O)O)cs6)(C5)C3)C4)[nH]c2c1=O. The van der Waals surface area contributed by atoms with Crippen molar-refractivity contribution >= 4 is 28.7 Å². The number of ether oxygens (including phenoxy) is 3. The summed E-state index contributed by atoms with van der Waals surface area (Å²) in [6.45, 7) is 2.62. The highest BCUT2D eigenvalue weighted by atomic mass is 32.1. The zero-order valence-electron chi connectivity index (χ0n) is 23.0. The number of rotatable bonds is 9. The van der Waals surface area contributed by atoms with Crippen LogP contribution in [0.25, 0.3) is 11.2 Å². The number of hydrogen-bond donors (Lipinski definition) is 2. The van der Waals surface area contributed by atoms with Gasteiger partial charge in [-0.1, -0.05) is 13.0 Å². The number of benzene rings is 1. The molecule has 220 valence electrons. The monoisotopic (exact) mass is 595 g/mol. The van der Waals surface area contributed by atoms with Gasteiger partial charge in [-0.05, 0) is 68.9 Å². The molecule has 0 amide bonds. The third kappa shape index (κ3) is 4.83. The van der Waals surface area contributed by atoms with Crippen molar-refractivity contribution in [2.75, 3.05) is 0 Å². The molecule has 4 aromatic rings. The first-order chi connectivity index (χ1) is 20.2. The number of H-pyrrole nitrogens is 1. The number of carbonyl (C=O) groups is 1. The lowest BCUT2D eigenvalue weighted by atomic mass is 9.47. The number of nitrogens with zero attached hydrogens (tertiary/aromatic N) is 4. The predicted molar refractivity (Wildman–Crippen MR) is 150 cm³/mol. The quantitative estimate of drug-likeness (QED) is 0.230. The highest BCUT2D eigenvalue weighted by Crippen LogP contribution is 2.63. The van der Waals surface area contributed by atoms with Crippen LogP contribution < -0.4 is 15.0 Å². The lowest BCUT2D eigenvalue weighted by molar-refractivity contribution is -0.179. The maximum Gasteiger partial charge on any atom is 0.512 e. The number of imidazole rings is 1. The molecule has 8 rings (SSSR count). The molecule has 0 saturated heterocycles. The maximum absolute atomic E-state index is 13.8. The van der Waals surface area contributed by atoms with E-state index in [1.54, 1.807) is 17.5 Å². The lowest BCUT2D eigenvalue weighted by Crippen LogP contribution is -2.58. The molecule has 3 aromatic heterocycles. The average Bonchev–Trinajstić information content (AvgIpc) is 3.56. The fraction of sp³-hybridized carbons (Fsp3) is 0.483. The molecule has 0 radical (unpaired) electrons. The number of fused-ring (bicyclic) bond motifs is 1. The molecule has 2 atom stereocenters. The number of carboxylic acid groups (broad SMARTS) is 1. The summed E-state index contributed by atoms with van der Waals surface area (Å²) in [5.74, 6) is 1.56. The molecular weight excluding hydrogens is 565 g/mol. The number of nitrogens with one attached hydrogen (secondary N) is 1. The second-order valence-electron chi connectivity index (χ2n) is 11.9. The van der Waals surface area contributed by atoms with Gasteiger partial charge in [-0.25, -0.2) is 19.2 Å². The molecule has 4 aliphatic carbocycles. The summed E-state index contributed by atoms with van der Waals surface area (Å²) in [6, 6.07) is 5.82. The van der Waals surface area contributed by atoms with E-state index < -0.39 is 12.0 Å². The van der Waals surface area contributed by atoms with Crippen LogP contribution in [0.4, 0.5) is 9.18 Å². The van der Waals surface area contributed by atoms with Crippen LogP contribution in [0.5, 0.6) is 17.6 Å². The van der Waals surface area contributed by atoms with E-state index in [1.165, 1.54) is 28.0 Å². The van der Waals surface area contributed by atoms with Crippen molar-refractivity contribution in [2.24, 2.45) is 11.8 Å². The van der Waals surface area contributed by atoms with Crippen molar-refractivity contribution in [3.8, 4) is 17.6 Å². The van der Waals surface area contributed by atoms with E-state index in [2.05, 4.69) is 19.7 Å². The molecule has 4 fully saturated rings. The molecule has 0 spiro atoms. The van der Waals surface area contributed by atoms with Crippen molar-refractivity contribution in [2.45, 2.75) is 76.0 Å². The van der Waals surface area contributed by atoms with E-state index in [-0.39, 0.29) is 46.5 Å². The Bertz CT molecular complexity index is 1720. The van der Waals surface area contributed by atoms with Gasteiger partial charge in [0.2, 0.25) is 5.88 Å². The van der Waals surface area contributed by atoms with Crippen LogP contribution in [0.15, 0.2) is 34.4 Å². The van der Waals surface area contributed by atoms with Crippen LogP contribution in [0.1, 0.15) is 62.7 Å². The van der Waals surface area contributed by atoms with E-state index in [0.717, 1.165) is 44.3 Å². The Morgan fingerprint density at radius 3 is 2.76 bits per heavy atom. The van der Waals surface area contributed by atoms with Crippen LogP contribution in [0.2, 0.25) is 0 Å². The van der Waals surface area contributed by atoms with Gasteiger partial charge in [-0.3, -0.25) is 9.36 Å². The van der Waals surface area contributed by atoms with Gasteiger partial charge in [0.1, 0.15) is 22.4 Å². The zero-order chi connectivity index (χ0) is 29.1. The van der Waals surface area contributed by atoms with Crippen LogP contribution in [-0.2, 0) is 23.3 Å². The number of aromatic amines is 1. The molecule has 0 aliphatic heterocycles. The second kappa shape index (κ2) is 10.2. The first-order valence-electron chi connectivity index (χ1n) is 14.2. The van der Waals surface area contributed by atoms with Crippen molar-refractivity contribution < 1.29 is 28.5 Å². The van der Waals surface area contributed by atoms with Crippen LogP contribution in [-0.4, -0.2) is 41.4 Å². The molecule has 4 saturated carbocycles. The summed E-state index contributed by atoms with van der Waals surface area (Å²) in [4.78, 5) is 41.6. The van der Waals surface area contributed by atoms with Crippen molar-refractivity contribution in [1.29, 1.82) is 0 Å². The first-order valence-corrected chi connectivity index (χ1v) is 15.0. The minimum absolute atomic E-state index is 0.0531. The van der Waals surface area contributed by atoms with E-state index in [9.17, 15) is 14.0 Å². The summed E-state index contributed by atoms with van der Waals surface area (Å²) in [7, 11) is 0. The van der Waals surface area contributed by atoms with Crippen LogP contribution in [0.3, 0.4) is 0 Å². The van der Waals surface area contributed by atoms with E-state index in [4.69, 9.17) is 19.6 Å². The first kappa shape index (κ1) is 27.0. The molecule has 2 unspecified atom stereocenters. The van der Waals surface area contributed by atoms with Gasteiger partial charge in [-0.15, -0.1) is 11.3 Å². The Kier molecular flexibility index (Phi) is 6.54. The minimum atomic E-state index is -1.40. The average molecular weight is 596 g/mol. The minimum Gasteiger partial charge on any atom is -0.449 e. The van der Waals surface area contributed by atoms with E-state index >= 15 is 0 Å². The molecule has 13 heteroatoms. The smallest absolute Gasteiger partial charge is 0.449 e. The van der Waals surface area contributed by atoms with Crippen LogP contribution in [0, 0.1) is 17.7 Å². The highest BCUT2D eigenvalue weighted by Gasteiger charge is 2.60. The Morgan fingerprint density at radius 1 is 1.21 bits per heavy atom. The van der Waals surface area contributed by atoms with Gasteiger partial charge in [0, 0.05) is 18.0 Å². The number of thiazole rings is 1. The molecular formula is C29H30FN5O6S. The predicted octanol–water partition coefficient (Wildman–Crippen LogP) is 5.78. The van der Waals surface area contributed by atoms with Gasteiger partial charge in [0.25, 0.3) is 5.56 Å². The van der Waals surface area contributed by atoms with Gasteiger partial charge in [0.05, 0.1) is 17.6 Å². The summed E-state index contributed by atoms with van der Waals surface area (Å²) in [5.41, 5.74) is -0.287. The molecule has 3 heterocycles. The maximum atomic E-state index is 13.8. The highest BCUT2D eigenvalue weighted by molar-refractivity contribution is 7.09. The van der Waals surface area contributed by atoms with Crippen molar-refractivity contribution in [3.63, 3.8) is 0 Å². The second-order valence-corrected chi connectivity index (χ2v) is 12.8. The fourth-order valence-corrected chi connectivity index (χ4v) is 8.30.